The van der Waals surface area contributed by atoms with Gasteiger partial charge < -0.3 is 25.0 Å². The van der Waals surface area contributed by atoms with Crippen LogP contribution in [0.2, 0.25) is 0 Å². The predicted octanol–water partition coefficient (Wildman–Crippen LogP) is 6.86. The first kappa shape index (κ1) is 28.8. The van der Waals surface area contributed by atoms with E-state index in [0.717, 1.165) is 0 Å². The largest absolute Gasteiger partial charge is 0.573 e. The number of nitrogens with one attached hydrogen (secondary N) is 2. The molecule has 1 aliphatic heterocycles. The molecule has 40 heavy (non-hydrogen) atoms. The molecule has 0 aliphatic carbocycles. The van der Waals surface area contributed by atoms with Crippen LogP contribution in [0, 0.1) is 0 Å². The molecule has 2 N–H and O–H groups in total. The van der Waals surface area contributed by atoms with Crippen LogP contribution < -0.4 is 20.1 Å². The Morgan fingerprint density at radius 2 is 1.55 bits per heavy atom. The van der Waals surface area contributed by atoms with Crippen molar-refractivity contribution in [3.63, 3.8) is 0 Å². The summed E-state index contributed by atoms with van der Waals surface area (Å²) >= 11 is 0. The lowest BCUT2D eigenvalue weighted by atomic mass is 9.99. The Morgan fingerprint density at radius 3 is 2.20 bits per heavy atom. The van der Waals surface area contributed by atoms with Gasteiger partial charge in [0, 0.05) is 48.8 Å². The molecule has 1 heterocycles. The van der Waals surface area contributed by atoms with Gasteiger partial charge in [-0.15, -0.1) is 13.2 Å². The molecule has 0 atom stereocenters. The number of carbonyl (C=O) groups is 2. The van der Waals surface area contributed by atoms with E-state index in [1.807, 2.05) is 26.8 Å². The second-order valence-electron chi connectivity index (χ2n) is 10.6. The maximum absolute atomic E-state index is 13.2. The lowest BCUT2D eigenvalue weighted by Gasteiger charge is -2.34. The van der Waals surface area contributed by atoms with Gasteiger partial charge in [0.25, 0.3) is 5.91 Å². The summed E-state index contributed by atoms with van der Waals surface area (Å²) in [7, 11) is 0. The van der Waals surface area contributed by atoms with Crippen molar-refractivity contribution in [2.45, 2.75) is 51.6 Å². The van der Waals surface area contributed by atoms with Crippen LogP contribution in [-0.4, -0.2) is 47.9 Å². The summed E-state index contributed by atoms with van der Waals surface area (Å²) in [6, 6.07) is 19.2. The van der Waals surface area contributed by atoms with Crippen molar-refractivity contribution in [1.29, 1.82) is 0 Å². The average molecular weight is 556 g/mol. The lowest BCUT2D eigenvalue weighted by molar-refractivity contribution is -0.274. The minimum absolute atomic E-state index is 0.0605. The fourth-order valence-corrected chi connectivity index (χ4v) is 4.38. The third kappa shape index (κ3) is 8.14. The van der Waals surface area contributed by atoms with Crippen LogP contribution in [-0.2, 0) is 0 Å². The number of halogens is 3. The number of piperidine rings is 1. The second kappa shape index (κ2) is 11.9. The highest BCUT2D eigenvalue weighted by Gasteiger charge is 2.31. The van der Waals surface area contributed by atoms with Gasteiger partial charge in [0.05, 0.1) is 0 Å². The number of nitrogens with zero attached hydrogens (tertiary/aromatic N) is 1. The van der Waals surface area contributed by atoms with Crippen molar-refractivity contribution in [1.82, 2.24) is 10.2 Å². The number of likely N-dealkylation sites (tertiary alicyclic amines) is 1. The van der Waals surface area contributed by atoms with E-state index in [-0.39, 0.29) is 29.3 Å². The highest BCUT2D eigenvalue weighted by atomic mass is 19.4. The number of urea groups is 1. The topological polar surface area (TPSA) is 79.9 Å². The van der Waals surface area contributed by atoms with E-state index in [9.17, 15) is 22.8 Å². The van der Waals surface area contributed by atoms with Crippen LogP contribution in [0.3, 0.4) is 0 Å². The van der Waals surface area contributed by atoms with Crippen molar-refractivity contribution in [3.8, 4) is 22.6 Å². The Hall–Kier alpha value is -4.21. The maximum atomic E-state index is 13.2. The van der Waals surface area contributed by atoms with Gasteiger partial charge in [-0.05, 0) is 62.2 Å². The lowest BCUT2D eigenvalue weighted by Crippen LogP contribution is -2.51. The Bertz CT molecular complexity index is 1330. The van der Waals surface area contributed by atoms with E-state index in [4.69, 9.17) is 4.74 Å². The Kier molecular flexibility index (Phi) is 8.56. The monoisotopic (exact) mass is 555 g/mol. The van der Waals surface area contributed by atoms with Crippen molar-refractivity contribution in [2.24, 2.45) is 0 Å². The molecule has 0 saturated carbocycles. The number of anilines is 1. The minimum atomic E-state index is -4.78. The summed E-state index contributed by atoms with van der Waals surface area (Å²) < 4.78 is 47.6. The molecule has 3 amide bonds. The highest BCUT2D eigenvalue weighted by Crippen LogP contribution is 2.29. The predicted molar refractivity (Wildman–Crippen MR) is 146 cm³/mol. The summed E-state index contributed by atoms with van der Waals surface area (Å²) in [5.41, 5.74) is 1.73. The van der Waals surface area contributed by atoms with Crippen molar-refractivity contribution < 1.29 is 32.2 Å². The molecule has 1 fully saturated rings. The summed E-state index contributed by atoms with van der Waals surface area (Å²) in [5.74, 6) is -0.112. The van der Waals surface area contributed by atoms with Gasteiger partial charge in [0.2, 0.25) is 0 Å². The Labute approximate surface area is 231 Å². The normalized spacial score (nSPS) is 14.4. The number of amides is 3. The van der Waals surface area contributed by atoms with Gasteiger partial charge in [-0.3, -0.25) is 4.79 Å². The first-order valence-corrected chi connectivity index (χ1v) is 13.0. The molecule has 212 valence electrons. The summed E-state index contributed by atoms with van der Waals surface area (Å²) in [6.45, 7) is 7.00. The first-order valence-electron chi connectivity index (χ1n) is 13.0. The number of benzene rings is 3. The molecule has 1 saturated heterocycles. The van der Waals surface area contributed by atoms with Crippen molar-refractivity contribution in [2.75, 3.05) is 18.4 Å². The minimum Gasteiger partial charge on any atom is -0.490 e. The molecule has 0 radical (unpaired) electrons. The molecule has 0 bridgehead atoms. The molecular formula is C30H32F3N3O4. The molecule has 1 aliphatic rings. The van der Waals surface area contributed by atoms with Crippen LogP contribution in [0.15, 0.2) is 72.8 Å². The van der Waals surface area contributed by atoms with Crippen LogP contribution >= 0.6 is 0 Å². The standard InChI is InChI=1S/C30H32F3N3O4/c1-29(2,3)35-28(38)36-17-15-22(16-18-36)39-24-8-6-7-21(19-24)34-27(37)26-10-5-4-9-25(26)20-11-13-23(14-12-20)40-30(31,32)33/h4-14,19,22H,15-18H2,1-3H3,(H,34,37)(H,35,38). The number of hydrogen-bond donors (Lipinski definition) is 2. The van der Waals surface area contributed by atoms with Crippen molar-refractivity contribution >= 4 is 17.6 Å². The van der Waals surface area contributed by atoms with E-state index in [0.29, 0.717) is 54.1 Å². The molecule has 3 aromatic rings. The fourth-order valence-electron chi connectivity index (χ4n) is 4.38. The maximum Gasteiger partial charge on any atom is 0.573 e. The number of rotatable bonds is 6. The van der Waals surface area contributed by atoms with Gasteiger partial charge >= 0.3 is 12.4 Å². The fraction of sp³-hybridized carbons (Fsp3) is 0.333. The number of carbonyl (C=O) groups excluding carboxylic acids is 2. The smallest absolute Gasteiger partial charge is 0.490 e. The van der Waals surface area contributed by atoms with E-state index in [2.05, 4.69) is 15.4 Å². The van der Waals surface area contributed by atoms with E-state index < -0.39 is 6.36 Å². The Balaban J connectivity index is 1.38. The molecule has 4 rings (SSSR count). The van der Waals surface area contributed by atoms with E-state index in [1.165, 1.54) is 24.3 Å². The van der Waals surface area contributed by atoms with Gasteiger partial charge in [-0.2, -0.15) is 0 Å². The third-order valence-corrected chi connectivity index (χ3v) is 6.18. The highest BCUT2D eigenvalue weighted by molar-refractivity contribution is 6.08. The first-order chi connectivity index (χ1) is 18.9. The molecule has 0 unspecified atom stereocenters. The number of hydrogen-bond acceptors (Lipinski definition) is 4. The summed E-state index contributed by atoms with van der Waals surface area (Å²) in [6.07, 6.45) is -3.46. The van der Waals surface area contributed by atoms with Crippen LogP contribution in [0.5, 0.6) is 11.5 Å². The number of ether oxygens (including phenoxy) is 2. The van der Waals surface area contributed by atoms with Gasteiger partial charge in [-0.1, -0.05) is 36.4 Å². The SMILES string of the molecule is CC(C)(C)NC(=O)N1CCC(Oc2cccc(NC(=O)c3ccccc3-c3ccc(OC(F)(F)F)cc3)c2)CC1. The van der Waals surface area contributed by atoms with Crippen LogP contribution in [0.25, 0.3) is 11.1 Å². The van der Waals surface area contributed by atoms with E-state index in [1.54, 1.807) is 47.4 Å². The summed E-state index contributed by atoms with van der Waals surface area (Å²) in [5, 5.41) is 5.86. The molecule has 0 spiro atoms. The zero-order valence-corrected chi connectivity index (χ0v) is 22.5. The zero-order chi connectivity index (χ0) is 28.9. The summed E-state index contributed by atoms with van der Waals surface area (Å²) in [4.78, 5) is 27.4. The average Bonchev–Trinajstić information content (AvgIpc) is 2.88. The van der Waals surface area contributed by atoms with Gasteiger partial charge in [-0.25, -0.2) is 4.79 Å². The molecule has 7 nitrogen and oxygen atoms in total. The van der Waals surface area contributed by atoms with Crippen molar-refractivity contribution in [3.05, 3.63) is 78.4 Å². The quantitative estimate of drug-likeness (QED) is 0.349. The van der Waals surface area contributed by atoms with Crippen LogP contribution in [0.1, 0.15) is 44.0 Å². The Morgan fingerprint density at radius 1 is 0.875 bits per heavy atom. The van der Waals surface area contributed by atoms with Gasteiger partial charge in [0.1, 0.15) is 17.6 Å². The third-order valence-electron chi connectivity index (χ3n) is 6.18. The van der Waals surface area contributed by atoms with Gasteiger partial charge in [0.15, 0.2) is 0 Å². The zero-order valence-electron chi connectivity index (χ0n) is 22.5. The molecular weight excluding hydrogens is 523 g/mol. The van der Waals surface area contributed by atoms with E-state index >= 15 is 0 Å². The molecule has 10 heteroatoms. The molecule has 3 aromatic carbocycles. The second-order valence-corrected chi connectivity index (χ2v) is 10.6. The number of alkyl halides is 3. The van der Waals surface area contributed by atoms with Crippen LogP contribution in [0.4, 0.5) is 23.7 Å². The molecule has 0 aromatic heterocycles.